The van der Waals surface area contributed by atoms with E-state index in [0.717, 1.165) is 6.26 Å². The zero-order valence-electron chi connectivity index (χ0n) is 19.4. The first kappa shape index (κ1) is 32.9. The average molecular weight is 525 g/mol. The fourth-order valence-corrected chi connectivity index (χ4v) is 2.37. The van der Waals surface area contributed by atoms with Gasteiger partial charge < -0.3 is 16.0 Å². The van der Waals surface area contributed by atoms with E-state index in [0.29, 0.717) is 6.54 Å². The van der Waals surface area contributed by atoms with Crippen LogP contribution < -0.4 is 16.0 Å². The second kappa shape index (κ2) is 12.2. The van der Waals surface area contributed by atoms with Gasteiger partial charge in [-0.1, -0.05) is 15.9 Å². The SMILES string of the molecule is CNC(=O)C(C)(C)Br.CNC(=O)C(C)(C)S(C)(=O)=O.CNCC(C)(C)S(C)(=O)=O. The third kappa shape index (κ3) is 12.5. The zero-order valence-corrected chi connectivity index (χ0v) is 22.6. The van der Waals surface area contributed by atoms with E-state index in [2.05, 4.69) is 31.9 Å². The van der Waals surface area contributed by atoms with Crippen LogP contribution in [0.25, 0.3) is 0 Å². The molecule has 12 heteroatoms. The number of carbonyl (C=O) groups excluding carboxylic acids is 2. The normalized spacial score (nSPS) is 12.6. The molecule has 0 aliphatic rings. The molecular formula is C17H38BrN3O6S2. The van der Waals surface area contributed by atoms with E-state index in [9.17, 15) is 26.4 Å². The summed E-state index contributed by atoms with van der Waals surface area (Å²) in [5.74, 6) is -0.488. The number of sulfone groups is 2. The summed E-state index contributed by atoms with van der Waals surface area (Å²) < 4.78 is 41.6. The maximum Gasteiger partial charge on any atom is 0.240 e. The maximum absolute atomic E-state index is 11.0. The van der Waals surface area contributed by atoms with Gasteiger partial charge in [0, 0.05) is 33.2 Å². The monoisotopic (exact) mass is 523 g/mol. The smallest absolute Gasteiger partial charge is 0.240 e. The van der Waals surface area contributed by atoms with Crippen molar-refractivity contribution in [3.63, 3.8) is 0 Å². The van der Waals surface area contributed by atoms with Gasteiger partial charge in [-0.3, -0.25) is 9.59 Å². The molecule has 0 spiro atoms. The van der Waals surface area contributed by atoms with Crippen molar-refractivity contribution in [1.82, 2.24) is 16.0 Å². The molecule has 0 bridgehead atoms. The van der Waals surface area contributed by atoms with Crippen LogP contribution in [0, 0.1) is 0 Å². The lowest BCUT2D eigenvalue weighted by Crippen LogP contribution is -2.46. The molecule has 0 unspecified atom stereocenters. The zero-order chi connectivity index (χ0) is 24.5. The first-order valence-electron chi connectivity index (χ1n) is 8.70. The van der Waals surface area contributed by atoms with Crippen molar-refractivity contribution in [1.29, 1.82) is 0 Å². The van der Waals surface area contributed by atoms with Gasteiger partial charge in [-0.25, -0.2) is 16.8 Å². The van der Waals surface area contributed by atoms with Crippen LogP contribution in [0.3, 0.4) is 0 Å². The molecule has 3 N–H and O–H groups in total. The van der Waals surface area contributed by atoms with Crippen molar-refractivity contribution < 1.29 is 26.4 Å². The Hall–Kier alpha value is -0.720. The molecule has 0 fully saturated rings. The number of amides is 2. The Labute approximate surface area is 185 Å². The van der Waals surface area contributed by atoms with E-state index in [4.69, 9.17) is 0 Å². The molecule has 0 aromatic heterocycles. The van der Waals surface area contributed by atoms with Crippen LogP contribution in [0.15, 0.2) is 0 Å². The number of hydrogen-bond acceptors (Lipinski definition) is 7. The van der Waals surface area contributed by atoms with E-state index in [1.165, 1.54) is 27.2 Å². The largest absolute Gasteiger partial charge is 0.358 e. The van der Waals surface area contributed by atoms with Crippen molar-refractivity contribution in [2.75, 3.05) is 40.2 Å². The molecule has 0 aromatic carbocycles. The van der Waals surface area contributed by atoms with Crippen LogP contribution >= 0.6 is 15.9 Å². The average Bonchev–Trinajstić information content (AvgIpc) is 2.51. The van der Waals surface area contributed by atoms with Gasteiger partial charge in [-0.05, 0) is 48.6 Å². The molecule has 0 aliphatic heterocycles. The highest BCUT2D eigenvalue weighted by atomic mass is 79.9. The molecular weight excluding hydrogens is 486 g/mol. The highest BCUT2D eigenvalue weighted by molar-refractivity contribution is 9.10. The Kier molecular flexibility index (Phi) is 13.9. The van der Waals surface area contributed by atoms with Crippen LogP contribution in [0.4, 0.5) is 0 Å². The van der Waals surface area contributed by atoms with Crippen LogP contribution in [-0.2, 0) is 29.3 Å². The van der Waals surface area contributed by atoms with Crippen molar-refractivity contribution in [3.05, 3.63) is 0 Å². The van der Waals surface area contributed by atoms with Crippen molar-refractivity contribution in [3.8, 4) is 0 Å². The number of hydrogen-bond donors (Lipinski definition) is 3. The second-order valence-corrected chi connectivity index (χ2v) is 15.2. The molecule has 0 aromatic rings. The summed E-state index contributed by atoms with van der Waals surface area (Å²) in [4.78, 5) is 21.7. The molecule has 0 rings (SSSR count). The lowest BCUT2D eigenvalue weighted by atomic mass is 10.2. The number of nitrogens with one attached hydrogen (secondary N) is 3. The third-order valence-electron chi connectivity index (χ3n) is 4.07. The minimum Gasteiger partial charge on any atom is -0.358 e. The van der Waals surface area contributed by atoms with Gasteiger partial charge in [0.25, 0.3) is 0 Å². The first-order chi connectivity index (χ1) is 12.5. The third-order valence-corrected chi connectivity index (χ3v) is 8.63. The van der Waals surface area contributed by atoms with Crippen molar-refractivity contribution >= 4 is 47.4 Å². The van der Waals surface area contributed by atoms with Crippen LogP contribution in [-0.4, -0.2) is 82.7 Å². The minimum absolute atomic E-state index is 0.00231. The predicted octanol–water partition coefficient (Wildman–Crippen LogP) is 0.491. The summed E-state index contributed by atoms with van der Waals surface area (Å²) in [6.07, 6.45) is 2.30. The van der Waals surface area contributed by atoms with E-state index in [1.54, 1.807) is 41.8 Å². The lowest BCUT2D eigenvalue weighted by Gasteiger charge is -2.21. The van der Waals surface area contributed by atoms with Crippen LogP contribution in [0.2, 0.25) is 0 Å². The van der Waals surface area contributed by atoms with E-state index < -0.39 is 39.4 Å². The van der Waals surface area contributed by atoms with Gasteiger partial charge in [0.1, 0.15) is 4.75 Å². The van der Waals surface area contributed by atoms with E-state index >= 15 is 0 Å². The molecule has 0 heterocycles. The van der Waals surface area contributed by atoms with Gasteiger partial charge in [0.05, 0.1) is 9.07 Å². The molecule has 0 atom stereocenters. The van der Waals surface area contributed by atoms with E-state index in [-0.39, 0.29) is 5.91 Å². The van der Waals surface area contributed by atoms with Gasteiger partial charge >= 0.3 is 0 Å². The minimum atomic E-state index is -3.33. The van der Waals surface area contributed by atoms with E-state index in [1.807, 2.05) is 0 Å². The highest BCUT2D eigenvalue weighted by Gasteiger charge is 2.37. The fourth-order valence-electron chi connectivity index (χ4n) is 1.32. The Bertz CT molecular complexity index is 740. The quantitative estimate of drug-likeness (QED) is 0.430. The number of halogens is 1. The topological polar surface area (TPSA) is 139 Å². The number of alkyl halides is 1. The van der Waals surface area contributed by atoms with Gasteiger partial charge in [0.15, 0.2) is 19.7 Å². The predicted molar refractivity (Wildman–Crippen MR) is 123 cm³/mol. The summed E-state index contributed by atoms with van der Waals surface area (Å²) in [6.45, 7) is 10.3. The summed E-state index contributed by atoms with van der Waals surface area (Å²) in [7, 11) is -1.48. The molecule has 0 saturated heterocycles. The van der Waals surface area contributed by atoms with Gasteiger partial charge in [0.2, 0.25) is 11.8 Å². The van der Waals surface area contributed by atoms with Crippen molar-refractivity contribution in [2.24, 2.45) is 0 Å². The summed E-state index contributed by atoms with van der Waals surface area (Å²) in [5.41, 5.74) is 0. The summed E-state index contributed by atoms with van der Waals surface area (Å²) in [6, 6.07) is 0. The molecule has 176 valence electrons. The molecule has 0 aliphatic carbocycles. The molecule has 29 heavy (non-hydrogen) atoms. The Morgan fingerprint density at radius 1 is 0.759 bits per heavy atom. The molecule has 2 amide bonds. The molecule has 0 radical (unpaired) electrons. The fraction of sp³-hybridized carbons (Fsp3) is 0.882. The van der Waals surface area contributed by atoms with Crippen LogP contribution in [0.1, 0.15) is 41.5 Å². The van der Waals surface area contributed by atoms with Crippen LogP contribution in [0.5, 0.6) is 0 Å². The van der Waals surface area contributed by atoms with Crippen molar-refractivity contribution in [2.45, 2.75) is 55.4 Å². The van der Waals surface area contributed by atoms with Gasteiger partial charge in [-0.2, -0.15) is 0 Å². The number of carbonyl (C=O) groups is 2. The van der Waals surface area contributed by atoms with Gasteiger partial charge in [-0.15, -0.1) is 0 Å². The second-order valence-electron chi connectivity index (χ2n) is 7.98. The standard InChI is InChI=1S/C6H13NO3S.C6H15NO2S.C5H10BrNO/c1-6(2,5(8)7-3)11(4,9)10;1-6(2,5-7-3)10(4,8)9;1-5(2,6)4(8)7-3/h1-4H3,(H,7,8);7H,5H2,1-4H3;1-3H3,(H,7,8). The summed E-state index contributed by atoms with van der Waals surface area (Å²) in [5, 5.41) is 7.65. The Morgan fingerprint density at radius 2 is 1.10 bits per heavy atom. The molecule has 9 nitrogen and oxygen atoms in total. The Balaban J connectivity index is -0.000000354. The first-order valence-corrected chi connectivity index (χ1v) is 13.3. The highest BCUT2D eigenvalue weighted by Crippen LogP contribution is 2.15. The number of rotatable bonds is 6. The molecule has 0 saturated carbocycles. The maximum atomic E-state index is 11.0. The summed E-state index contributed by atoms with van der Waals surface area (Å²) >= 11 is 3.19. The lowest BCUT2D eigenvalue weighted by molar-refractivity contribution is -0.122. The Morgan fingerprint density at radius 3 is 1.17 bits per heavy atom.